The van der Waals surface area contributed by atoms with Crippen molar-refractivity contribution in [1.29, 1.82) is 0 Å². The first-order valence-corrected chi connectivity index (χ1v) is 14.8. The molecule has 2 aliphatic carbocycles. The van der Waals surface area contributed by atoms with Gasteiger partial charge < -0.3 is 20.4 Å². The molecule has 0 radical (unpaired) electrons. The smallest absolute Gasteiger partial charge is 0.0636 e. The highest BCUT2D eigenvalue weighted by molar-refractivity contribution is 5.36. The molecule has 0 spiro atoms. The second-order valence-corrected chi connectivity index (χ2v) is 13.6. The standard InChI is InChI=1S/C32H54O4/c1-31(2,21-33)19-9-13-23-11-7-17-27(29(23)35)25-15-5-6-16-26(25)28-18-8-12-24(30(28)36)14-10-20-32(3,4)22-34/h5-6,15-16,23-24,27-30,33-36H,7-14,17-22H2,1-4H3. The van der Waals surface area contributed by atoms with Gasteiger partial charge >= 0.3 is 0 Å². The maximum Gasteiger partial charge on any atom is 0.0636 e. The van der Waals surface area contributed by atoms with Gasteiger partial charge in [-0.15, -0.1) is 0 Å². The summed E-state index contributed by atoms with van der Waals surface area (Å²) in [6, 6.07) is 8.62. The summed E-state index contributed by atoms with van der Waals surface area (Å²) >= 11 is 0. The lowest BCUT2D eigenvalue weighted by atomic mass is 9.68. The van der Waals surface area contributed by atoms with Gasteiger partial charge in [0.05, 0.1) is 12.2 Å². The van der Waals surface area contributed by atoms with Gasteiger partial charge in [0.15, 0.2) is 0 Å². The van der Waals surface area contributed by atoms with Gasteiger partial charge in [0, 0.05) is 25.0 Å². The van der Waals surface area contributed by atoms with Crippen LogP contribution in [0.15, 0.2) is 24.3 Å². The maximum absolute atomic E-state index is 11.5. The fraction of sp³-hybridized carbons (Fsp3) is 0.812. The van der Waals surface area contributed by atoms with Crippen LogP contribution >= 0.6 is 0 Å². The first-order chi connectivity index (χ1) is 17.1. The molecule has 0 bridgehead atoms. The van der Waals surface area contributed by atoms with Gasteiger partial charge in [0.1, 0.15) is 0 Å². The summed E-state index contributed by atoms with van der Waals surface area (Å²) < 4.78 is 0. The van der Waals surface area contributed by atoms with Crippen LogP contribution in [0.1, 0.15) is 128 Å². The average Bonchev–Trinajstić information content (AvgIpc) is 2.86. The number of aliphatic hydroxyl groups excluding tert-OH is 4. The molecular formula is C32H54O4. The van der Waals surface area contributed by atoms with Crippen molar-refractivity contribution in [2.45, 2.75) is 129 Å². The van der Waals surface area contributed by atoms with E-state index >= 15 is 0 Å². The molecule has 206 valence electrons. The Kier molecular flexibility index (Phi) is 10.9. The normalized spacial score (nSPS) is 29.9. The highest BCUT2D eigenvalue weighted by Crippen LogP contribution is 2.45. The highest BCUT2D eigenvalue weighted by Gasteiger charge is 2.38. The van der Waals surface area contributed by atoms with Crippen LogP contribution in [0, 0.1) is 22.7 Å². The molecule has 2 saturated carbocycles. The molecule has 0 amide bonds. The van der Waals surface area contributed by atoms with E-state index < -0.39 is 0 Å². The predicted molar refractivity (Wildman–Crippen MR) is 148 cm³/mol. The number of aliphatic hydroxyl groups is 4. The molecule has 2 aliphatic rings. The summed E-state index contributed by atoms with van der Waals surface area (Å²) in [6.07, 6.45) is 11.9. The zero-order chi connectivity index (χ0) is 26.3. The van der Waals surface area contributed by atoms with Crippen molar-refractivity contribution in [1.82, 2.24) is 0 Å². The van der Waals surface area contributed by atoms with Gasteiger partial charge in [-0.3, -0.25) is 0 Å². The number of hydrogen-bond donors (Lipinski definition) is 4. The predicted octanol–water partition coefficient (Wildman–Crippen LogP) is 6.55. The van der Waals surface area contributed by atoms with E-state index in [2.05, 4.69) is 52.0 Å². The lowest BCUT2D eigenvalue weighted by molar-refractivity contribution is 0.0333. The molecule has 4 nitrogen and oxygen atoms in total. The molecule has 1 aromatic carbocycles. The van der Waals surface area contributed by atoms with Crippen molar-refractivity contribution in [2.75, 3.05) is 13.2 Å². The molecule has 2 fully saturated rings. The third kappa shape index (κ3) is 7.79. The maximum atomic E-state index is 11.5. The quantitative estimate of drug-likeness (QED) is 0.261. The summed E-state index contributed by atoms with van der Waals surface area (Å²) in [5.74, 6) is 0.905. The van der Waals surface area contributed by atoms with Crippen LogP contribution in [0.3, 0.4) is 0 Å². The minimum Gasteiger partial charge on any atom is -0.396 e. The Morgan fingerprint density at radius 2 is 1.06 bits per heavy atom. The molecule has 0 aromatic heterocycles. The molecule has 36 heavy (non-hydrogen) atoms. The SMILES string of the molecule is CC(C)(CO)CCCC1CCCC(c2ccccc2C2CCCC(CCCC(C)(C)CO)C2O)C1O. The summed E-state index contributed by atoms with van der Waals surface area (Å²) in [5.41, 5.74) is 2.42. The molecule has 0 heterocycles. The van der Waals surface area contributed by atoms with E-state index in [4.69, 9.17) is 0 Å². The summed E-state index contributed by atoms with van der Waals surface area (Å²) in [6.45, 7) is 8.86. The second kappa shape index (κ2) is 13.2. The van der Waals surface area contributed by atoms with E-state index in [1.165, 1.54) is 11.1 Å². The van der Waals surface area contributed by atoms with Gasteiger partial charge in [-0.2, -0.15) is 0 Å². The molecule has 6 atom stereocenters. The van der Waals surface area contributed by atoms with E-state index in [0.29, 0.717) is 11.8 Å². The monoisotopic (exact) mass is 502 g/mol. The zero-order valence-corrected chi connectivity index (χ0v) is 23.5. The number of benzene rings is 1. The average molecular weight is 503 g/mol. The van der Waals surface area contributed by atoms with Gasteiger partial charge in [-0.25, -0.2) is 0 Å². The van der Waals surface area contributed by atoms with Gasteiger partial charge in [0.25, 0.3) is 0 Å². The largest absolute Gasteiger partial charge is 0.396 e. The molecule has 0 aliphatic heterocycles. The van der Waals surface area contributed by atoms with E-state index in [1.54, 1.807) is 0 Å². The zero-order valence-electron chi connectivity index (χ0n) is 23.5. The Labute approximate surface area is 220 Å². The lowest BCUT2D eigenvalue weighted by Crippen LogP contribution is -2.35. The summed E-state index contributed by atoms with van der Waals surface area (Å²) in [7, 11) is 0. The number of hydrogen-bond acceptors (Lipinski definition) is 4. The Morgan fingerprint density at radius 1 is 0.667 bits per heavy atom. The fourth-order valence-electron chi connectivity index (χ4n) is 6.88. The minimum absolute atomic E-state index is 0.0485. The van der Waals surface area contributed by atoms with Gasteiger partial charge in [0.2, 0.25) is 0 Å². The third-order valence-electron chi connectivity index (χ3n) is 9.48. The molecule has 4 heteroatoms. The van der Waals surface area contributed by atoms with Gasteiger partial charge in [-0.1, -0.05) is 77.6 Å². The molecule has 4 N–H and O–H groups in total. The van der Waals surface area contributed by atoms with Crippen molar-refractivity contribution < 1.29 is 20.4 Å². The minimum atomic E-state index is -0.339. The van der Waals surface area contributed by atoms with Crippen LogP contribution < -0.4 is 0 Å². The van der Waals surface area contributed by atoms with E-state index in [9.17, 15) is 20.4 Å². The van der Waals surface area contributed by atoms with Crippen LogP contribution in [0.4, 0.5) is 0 Å². The van der Waals surface area contributed by atoms with Crippen LogP contribution in [-0.4, -0.2) is 45.8 Å². The molecule has 3 rings (SSSR count). The first kappa shape index (κ1) is 29.6. The van der Waals surface area contributed by atoms with Crippen molar-refractivity contribution in [3.63, 3.8) is 0 Å². The van der Waals surface area contributed by atoms with Crippen LogP contribution in [0.5, 0.6) is 0 Å². The van der Waals surface area contributed by atoms with E-state index in [1.807, 2.05) is 0 Å². The lowest BCUT2D eigenvalue weighted by Gasteiger charge is -2.40. The Bertz CT molecular complexity index is 723. The highest BCUT2D eigenvalue weighted by atomic mass is 16.3. The van der Waals surface area contributed by atoms with Crippen LogP contribution in [0.25, 0.3) is 0 Å². The molecular weight excluding hydrogens is 448 g/mol. The Morgan fingerprint density at radius 3 is 1.42 bits per heavy atom. The molecule has 1 aromatic rings. The third-order valence-corrected chi connectivity index (χ3v) is 9.48. The van der Waals surface area contributed by atoms with Crippen LogP contribution in [-0.2, 0) is 0 Å². The van der Waals surface area contributed by atoms with E-state index in [0.717, 1.165) is 77.0 Å². The fourth-order valence-corrected chi connectivity index (χ4v) is 6.88. The second-order valence-electron chi connectivity index (χ2n) is 13.6. The number of rotatable bonds is 12. The van der Waals surface area contributed by atoms with Crippen molar-refractivity contribution >= 4 is 0 Å². The first-order valence-electron chi connectivity index (χ1n) is 14.8. The van der Waals surface area contributed by atoms with Crippen molar-refractivity contribution in [2.24, 2.45) is 22.7 Å². The van der Waals surface area contributed by atoms with Crippen molar-refractivity contribution in [3.8, 4) is 0 Å². The van der Waals surface area contributed by atoms with Crippen molar-refractivity contribution in [3.05, 3.63) is 35.4 Å². The summed E-state index contributed by atoms with van der Waals surface area (Å²) in [4.78, 5) is 0. The Hall–Kier alpha value is -0.940. The topological polar surface area (TPSA) is 80.9 Å². The summed E-state index contributed by atoms with van der Waals surface area (Å²) in [5, 5.41) is 42.2. The van der Waals surface area contributed by atoms with Crippen LogP contribution in [0.2, 0.25) is 0 Å². The van der Waals surface area contributed by atoms with E-state index in [-0.39, 0.29) is 48.1 Å². The Balaban J connectivity index is 1.68. The molecule has 6 unspecified atom stereocenters. The van der Waals surface area contributed by atoms with Gasteiger partial charge in [-0.05, 0) is 85.2 Å². The molecule has 0 saturated heterocycles.